The standard InChI is InChI=1S/C22H30N6S.HI/c1-17-26-19-6-3-4-7-20(19)28(17)12-5-10-24-22(23-2)25-11-14-27-13-8-21-18(16-27)9-15-29-21;/h3-4,6-7,9,15H,5,8,10-14,16H2,1-2H3,(H2,23,24,25);1H. The molecule has 30 heavy (non-hydrogen) atoms. The van der Waals surface area contributed by atoms with Gasteiger partial charge in [0, 0.05) is 51.2 Å². The van der Waals surface area contributed by atoms with Crippen LogP contribution in [0.2, 0.25) is 0 Å². The number of hydrogen-bond acceptors (Lipinski definition) is 4. The maximum atomic E-state index is 4.64. The van der Waals surface area contributed by atoms with Gasteiger partial charge in [-0.05, 0) is 48.9 Å². The third-order valence-electron chi connectivity index (χ3n) is 5.53. The minimum atomic E-state index is 0. The van der Waals surface area contributed by atoms with Gasteiger partial charge in [0.15, 0.2) is 5.96 Å². The summed E-state index contributed by atoms with van der Waals surface area (Å²) in [6, 6.07) is 10.6. The van der Waals surface area contributed by atoms with E-state index in [4.69, 9.17) is 0 Å². The van der Waals surface area contributed by atoms with Crippen LogP contribution in [0.15, 0.2) is 40.7 Å². The molecule has 0 saturated heterocycles. The van der Waals surface area contributed by atoms with Crippen molar-refractivity contribution in [3.63, 3.8) is 0 Å². The lowest BCUT2D eigenvalue weighted by Gasteiger charge is -2.27. The fourth-order valence-electron chi connectivity index (χ4n) is 3.97. The van der Waals surface area contributed by atoms with E-state index in [0.29, 0.717) is 0 Å². The quantitative estimate of drug-likeness (QED) is 0.209. The zero-order valence-corrected chi connectivity index (χ0v) is 20.9. The van der Waals surface area contributed by atoms with Crippen LogP contribution in [-0.2, 0) is 19.5 Å². The first-order chi connectivity index (χ1) is 14.2. The van der Waals surface area contributed by atoms with Crippen LogP contribution in [0.1, 0.15) is 22.7 Å². The van der Waals surface area contributed by atoms with Crippen molar-refractivity contribution in [2.45, 2.75) is 32.9 Å². The third-order valence-corrected chi connectivity index (χ3v) is 6.55. The molecule has 0 saturated carbocycles. The average molecular weight is 539 g/mol. The Morgan fingerprint density at radius 3 is 2.87 bits per heavy atom. The number of nitrogens with one attached hydrogen (secondary N) is 2. The lowest BCUT2D eigenvalue weighted by Crippen LogP contribution is -2.42. The van der Waals surface area contributed by atoms with Gasteiger partial charge >= 0.3 is 0 Å². The van der Waals surface area contributed by atoms with Gasteiger partial charge in [-0.1, -0.05) is 12.1 Å². The second kappa shape index (κ2) is 11.1. The summed E-state index contributed by atoms with van der Waals surface area (Å²) >= 11 is 1.89. The third kappa shape index (κ3) is 5.53. The van der Waals surface area contributed by atoms with Gasteiger partial charge in [-0.2, -0.15) is 0 Å². The number of nitrogens with zero attached hydrogens (tertiary/aromatic N) is 4. The van der Waals surface area contributed by atoms with Crippen LogP contribution in [-0.4, -0.2) is 53.6 Å². The highest BCUT2D eigenvalue weighted by Gasteiger charge is 2.16. The summed E-state index contributed by atoms with van der Waals surface area (Å²) in [5.41, 5.74) is 3.79. The van der Waals surface area contributed by atoms with Crippen LogP contribution in [0.25, 0.3) is 11.0 Å². The van der Waals surface area contributed by atoms with Crippen LogP contribution in [0.5, 0.6) is 0 Å². The van der Waals surface area contributed by atoms with Gasteiger partial charge in [0.1, 0.15) is 5.82 Å². The number of halogens is 1. The van der Waals surface area contributed by atoms with E-state index >= 15 is 0 Å². The first-order valence-corrected chi connectivity index (χ1v) is 11.3. The molecule has 0 fully saturated rings. The Morgan fingerprint density at radius 1 is 1.17 bits per heavy atom. The average Bonchev–Trinajstić information content (AvgIpc) is 3.33. The molecule has 1 aromatic carbocycles. The summed E-state index contributed by atoms with van der Waals surface area (Å²) in [4.78, 5) is 13.1. The van der Waals surface area contributed by atoms with Crippen molar-refractivity contribution < 1.29 is 0 Å². The summed E-state index contributed by atoms with van der Waals surface area (Å²) in [6.07, 6.45) is 2.21. The van der Waals surface area contributed by atoms with Gasteiger partial charge in [-0.15, -0.1) is 35.3 Å². The topological polar surface area (TPSA) is 57.5 Å². The van der Waals surface area contributed by atoms with Gasteiger partial charge in [0.25, 0.3) is 0 Å². The monoisotopic (exact) mass is 538 g/mol. The summed E-state index contributed by atoms with van der Waals surface area (Å²) < 4.78 is 2.29. The van der Waals surface area contributed by atoms with Crippen LogP contribution >= 0.6 is 35.3 Å². The Bertz CT molecular complexity index is 979. The van der Waals surface area contributed by atoms with Crippen LogP contribution in [0.3, 0.4) is 0 Å². The number of imidazole rings is 1. The van der Waals surface area contributed by atoms with Crippen molar-refractivity contribution in [3.05, 3.63) is 52.0 Å². The van der Waals surface area contributed by atoms with E-state index in [1.807, 2.05) is 24.5 Å². The molecule has 1 aliphatic rings. The lowest BCUT2D eigenvalue weighted by atomic mass is 10.1. The van der Waals surface area contributed by atoms with Crippen LogP contribution in [0.4, 0.5) is 0 Å². The Hall–Kier alpha value is -1.65. The molecule has 162 valence electrons. The van der Waals surface area contributed by atoms with Crippen molar-refractivity contribution in [1.82, 2.24) is 25.1 Å². The first-order valence-electron chi connectivity index (χ1n) is 10.4. The van der Waals surface area contributed by atoms with Crippen molar-refractivity contribution in [1.29, 1.82) is 0 Å². The fraction of sp³-hybridized carbons (Fsp3) is 0.455. The molecule has 2 N–H and O–H groups in total. The van der Waals surface area contributed by atoms with Crippen LogP contribution < -0.4 is 10.6 Å². The second-order valence-electron chi connectivity index (χ2n) is 7.47. The molecule has 0 unspecified atom stereocenters. The molecule has 0 spiro atoms. The van der Waals surface area contributed by atoms with E-state index in [0.717, 1.165) is 63.0 Å². The molecule has 8 heteroatoms. The molecule has 4 rings (SSSR count). The second-order valence-corrected chi connectivity index (χ2v) is 8.47. The van der Waals surface area contributed by atoms with Gasteiger partial charge in [-0.25, -0.2) is 4.98 Å². The molecule has 0 aliphatic carbocycles. The highest BCUT2D eigenvalue weighted by Crippen LogP contribution is 2.23. The molecule has 3 aromatic rings. The summed E-state index contributed by atoms with van der Waals surface area (Å²) in [5, 5.41) is 9.10. The van der Waals surface area contributed by atoms with Crippen molar-refractivity contribution >= 4 is 52.3 Å². The molecule has 0 atom stereocenters. The van der Waals surface area contributed by atoms with Gasteiger partial charge in [0.05, 0.1) is 11.0 Å². The van der Waals surface area contributed by atoms with Gasteiger partial charge < -0.3 is 15.2 Å². The number of fused-ring (bicyclic) bond motifs is 2. The van der Waals surface area contributed by atoms with E-state index in [2.05, 4.69) is 66.6 Å². The summed E-state index contributed by atoms with van der Waals surface area (Å²) in [6.45, 7) is 8.08. The molecule has 6 nitrogen and oxygen atoms in total. The van der Waals surface area contributed by atoms with E-state index in [1.165, 1.54) is 17.5 Å². The number of aliphatic imine (C=N–C) groups is 1. The molecule has 0 bridgehead atoms. The zero-order valence-electron chi connectivity index (χ0n) is 17.7. The molecular formula is C22H31IN6S. The Morgan fingerprint density at radius 2 is 2.00 bits per heavy atom. The molecule has 1 aliphatic heterocycles. The summed E-state index contributed by atoms with van der Waals surface area (Å²) in [7, 11) is 1.83. The largest absolute Gasteiger partial charge is 0.356 e. The Labute approximate surface area is 199 Å². The number of rotatable bonds is 7. The maximum Gasteiger partial charge on any atom is 0.191 e. The minimum Gasteiger partial charge on any atom is -0.356 e. The minimum absolute atomic E-state index is 0. The normalized spacial score (nSPS) is 14.4. The highest BCUT2D eigenvalue weighted by atomic mass is 127. The van der Waals surface area contributed by atoms with E-state index < -0.39 is 0 Å². The lowest BCUT2D eigenvalue weighted by molar-refractivity contribution is 0.260. The molecule has 0 amide bonds. The van der Waals surface area contributed by atoms with Gasteiger partial charge in [0.2, 0.25) is 0 Å². The first kappa shape index (κ1) is 23.0. The number of aryl methyl sites for hydroxylation is 2. The van der Waals surface area contributed by atoms with E-state index in [9.17, 15) is 0 Å². The predicted molar refractivity (Wildman–Crippen MR) is 137 cm³/mol. The van der Waals surface area contributed by atoms with Gasteiger partial charge in [-0.3, -0.25) is 9.89 Å². The molecule has 0 radical (unpaired) electrons. The van der Waals surface area contributed by atoms with E-state index in [1.54, 1.807) is 4.88 Å². The Kier molecular flexibility index (Phi) is 8.52. The van der Waals surface area contributed by atoms with Crippen molar-refractivity contribution in [2.24, 2.45) is 4.99 Å². The number of para-hydroxylation sites is 2. The number of thiophene rings is 1. The van der Waals surface area contributed by atoms with Crippen molar-refractivity contribution in [3.8, 4) is 0 Å². The Balaban J connectivity index is 0.00000256. The predicted octanol–water partition coefficient (Wildman–Crippen LogP) is 3.64. The number of aromatic nitrogens is 2. The smallest absolute Gasteiger partial charge is 0.191 e. The number of benzene rings is 1. The molecular weight excluding hydrogens is 507 g/mol. The molecule has 3 heterocycles. The SMILES string of the molecule is CN=C(NCCCn1c(C)nc2ccccc21)NCCN1CCc2sccc2C1.I. The van der Waals surface area contributed by atoms with E-state index in [-0.39, 0.29) is 24.0 Å². The van der Waals surface area contributed by atoms with Crippen molar-refractivity contribution in [2.75, 3.05) is 33.2 Å². The number of hydrogen-bond donors (Lipinski definition) is 2. The fourth-order valence-corrected chi connectivity index (χ4v) is 4.86. The maximum absolute atomic E-state index is 4.64. The number of guanidine groups is 1. The van der Waals surface area contributed by atoms with Crippen LogP contribution in [0, 0.1) is 6.92 Å². The zero-order chi connectivity index (χ0) is 20.1. The summed E-state index contributed by atoms with van der Waals surface area (Å²) in [5.74, 6) is 1.95. The molecule has 2 aromatic heterocycles. The highest BCUT2D eigenvalue weighted by molar-refractivity contribution is 14.0.